The van der Waals surface area contributed by atoms with Crippen molar-refractivity contribution >= 4 is 34.4 Å². The summed E-state index contributed by atoms with van der Waals surface area (Å²) in [4.78, 5) is 34.8. The van der Waals surface area contributed by atoms with Crippen LogP contribution in [-0.4, -0.2) is 44.7 Å². The van der Waals surface area contributed by atoms with Gasteiger partial charge in [0.2, 0.25) is 0 Å². The van der Waals surface area contributed by atoms with Gasteiger partial charge in [0.25, 0.3) is 11.8 Å². The van der Waals surface area contributed by atoms with Crippen LogP contribution < -0.4 is 10.6 Å². The normalized spacial score (nSPS) is 13.1. The van der Waals surface area contributed by atoms with Crippen LogP contribution in [0.4, 0.5) is 0 Å². The first-order valence-corrected chi connectivity index (χ1v) is 11.5. The van der Waals surface area contributed by atoms with E-state index in [-0.39, 0.29) is 24.9 Å². The predicted octanol–water partition coefficient (Wildman–Crippen LogP) is 3.81. The maximum absolute atomic E-state index is 13.2. The minimum absolute atomic E-state index is 0.232. The Morgan fingerprint density at radius 3 is 2.41 bits per heavy atom. The summed E-state index contributed by atoms with van der Waals surface area (Å²) in [6.07, 6.45) is 3.82. The molecule has 1 aromatic carbocycles. The third-order valence-corrected chi connectivity index (χ3v) is 6.08. The summed E-state index contributed by atoms with van der Waals surface area (Å²) in [5.74, 6) is 0.493. The van der Waals surface area contributed by atoms with Gasteiger partial charge in [0.15, 0.2) is 11.5 Å². The van der Waals surface area contributed by atoms with Crippen LogP contribution in [0.2, 0.25) is 5.02 Å². The number of aryl methyl sites for hydroxylation is 1. The van der Waals surface area contributed by atoms with Gasteiger partial charge in [-0.2, -0.15) is 9.78 Å². The first-order chi connectivity index (χ1) is 16.5. The second kappa shape index (κ2) is 9.23. The number of fused-ring (bicyclic) bond motifs is 1. The maximum atomic E-state index is 13.2. The first-order valence-electron chi connectivity index (χ1n) is 11.2. The Morgan fingerprint density at radius 2 is 1.74 bits per heavy atom. The Bertz CT molecular complexity index is 1380. The van der Waals surface area contributed by atoms with Crippen molar-refractivity contribution in [3.05, 3.63) is 82.3 Å². The van der Waals surface area contributed by atoms with Gasteiger partial charge in [0.05, 0.1) is 27.2 Å². The standard InChI is InChI=1S/C25H23ClN6O2/c1-15-22-18(25(34)29-13-12-28-24(33)17-6-2-3-7-19(17)26)14-20(16-9-10-16)30-23(22)32(31-15)21-8-4-5-11-27-21/h2-8,11,14,16H,9-10,12-13H2,1H3,(H,28,33)(H,29,34). The Kier molecular flexibility index (Phi) is 5.98. The van der Waals surface area contributed by atoms with E-state index in [1.807, 2.05) is 31.2 Å². The largest absolute Gasteiger partial charge is 0.350 e. The first kappa shape index (κ1) is 22.0. The number of amides is 2. The number of halogens is 1. The number of carbonyl (C=O) groups excluding carboxylic acids is 2. The third kappa shape index (κ3) is 4.36. The van der Waals surface area contributed by atoms with Crippen LogP contribution in [0.25, 0.3) is 16.9 Å². The zero-order valence-corrected chi connectivity index (χ0v) is 19.3. The summed E-state index contributed by atoms with van der Waals surface area (Å²) in [5.41, 5.74) is 3.15. The van der Waals surface area contributed by atoms with Crippen molar-refractivity contribution in [2.24, 2.45) is 0 Å². The molecule has 0 radical (unpaired) electrons. The van der Waals surface area contributed by atoms with Gasteiger partial charge in [0.1, 0.15) is 0 Å². The van der Waals surface area contributed by atoms with Gasteiger partial charge in [-0.15, -0.1) is 0 Å². The van der Waals surface area contributed by atoms with Gasteiger partial charge in [-0.3, -0.25) is 9.59 Å². The highest BCUT2D eigenvalue weighted by Crippen LogP contribution is 2.40. The lowest BCUT2D eigenvalue weighted by Gasteiger charge is -2.10. The lowest BCUT2D eigenvalue weighted by Crippen LogP contribution is -2.35. The number of hydrogen-bond acceptors (Lipinski definition) is 5. The van der Waals surface area contributed by atoms with E-state index in [4.69, 9.17) is 16.6 Å². The molecule has 0 atom stereocenters. The van der Waals surface area contributed by atoms with Gasteiger partial charge >= 0.3 is 0 Å². The van der Waals surface area contributed by atoms with Gasteiger partial charge in [0, 0.05) is 30.9 Å². The van der Waals surface area contributed by atoms with E-state index in [9.17, 15) is 9.59 Å². The van der Waals surface area contributed by atoms with Gasteiger partial charge < -0.3 is 10.6 Å². The van der Waals surface area contributed by atoms with Crippen LogP contribution in [0.15, 0.2) is 54.7 Å². The molecule has 1 aliphatic rings. The summed E-state index contributed by atoms with van der Waals surface area (Å²) in [5, 5.41) is 11.4. The van der Waals surface area contributed by atoms with Crippen molar-refractivity contribution in [3.63, 3.8) is 0 Å². The Morgan fingerprint density at radius 1 is 1.03 bits per heavy atom. The summed E-state index contributed by atoms with van der Waals surface area (Å²) < 4.78 is 1.69. The van der Waals surface area contributed by atoms with E-state index < -0.39 is 0 Å². The highest BCUT2D eigenvalue weighted by Gasteiger charge is 2.29. The summed E-state index contributed by atoms with van der Waals surface area (Å²) >= 11 is 6.08. The zero-order chi connectivity index (χ0) is 23.7. The van der Waals surface area contributed by atoms with Crippen LogP contribution in [-0.2, 0) is 0 Å². The number of hydrogen-bond donors (Lipinski definition) is 2. The van der Waals surface area contributed by atoms with Gasteiger partial charge in [-0.1, -0.05) is 29.8 Å². The molecular weight excluding hydrogens is 452 g/mol. The van der Waals surface area contributed by atoms with E-state index in [1.54, 1.807) is 35.1 Å². The molecule has 2 amide bonds. The highest BCUT2D eigenvalue weighted by atomic mass is 35.5. The minimum atomic E-state index is -0.283. The molecule has 5 rings (SSSR count). The predicted molar refractivity (Wildman–Crippen MR) is 129 cm³/mol. The van der Waals surface area contributed by atoms with E-state index in [2.05, 4.69) is 20.7 Å². The van der Waals surface area contributed by atoms with Crippen LogP contribution in [0.5, 0.6) is 0 Å². The molecule has 4 aromatic rings. The lowest BCUT2D eigenvalue weighted by atomic mass is 10.1. The number of aromatic nitrogens is 4. The second-order valence-corrected chi connectivity index (χ2v) is 8.65. The highest BCUT2D eigenvalue weighted by molar-refractivity contribution is 6.33. The number of nitrogens with one attached hydrogen (secondary N) is 2. The quantitative estimate of drug-likeness (QED) is 0.396. The molecule has 172 valence electrons. The fourth-order valence-electron chi connectivity index (χ4n) is 3.90. The van der Waals surface area contributed by atoms with Crippen molar-refractivity contribution in [2.75, 3.05) is 13.1 Å². The molecule has 0 aliphatic heterocycles. The van der Waals surface area contributed by atoms with Crippen molar-refractivity contribution < 1.29 is 9.59 Å². The Hall–Kier alpha value is -3.78. The summed E-state index contributed by atoms with van der Waals surface area (Å²) in [6.45, 7) is 2.40. The molecule has 0 spiro atoms. The van der Waals surface area contributed by atoms with E-state index >= 15 is 0 Å². The maximum Gasteiger partial charge on any atom is 0.252 e. The van der Waals surface area contributed by atoms with E-state index in [1.165, 1.54) is 0 Å². The molecule has 1 saturated carbocycles. The molecule has 0 bridgehead atoms. The number of rotatable bonds is 7. The van der Waals surface area contributed by atoms with Crippen molar-refractivity contribution in [3.8, 4) is 5.82 Å². The smallest absolute Gasteiger partial charge is 0.252 e. The number of carbonyl (C=O) groups is 2. The third-order valence-electron chi connectivity index (χ3n) is 5.75. The van der Waals surface area contributed by atoms with Crippen molar-refractivity contribution in [2.45, 2.75) is 25.7 Å². The van der Waals surface area contributed by atoms with E-state index in [0.717, 1.165) is 18.5 Å². The second-order valence-electron chi connectivity index (χ2n) is 8.24. The molecule has 0 unspecified atom stereocenters. The van der Waals surface area contributed by atoms with Crippen molar-refractivity contribution in [1.29, 1.82) is 0 Å². The molecule has 1 fully saturated rings. The van der Waals surface area contributed by atoms with Crippen LogP contribution in [0, 0.1) is 6.92 Å². The van der Waals surface area contributed by atoms with Crippen LogP contribution >= 0.6 is 11.6 Å². The average Bonchev–Trinajstić information content (AvgIpc) is 3.65. The van der Waals surface area contributed by atoms with Gasteiger partial charge in [-0.25, -0.2) is 9.97 Å². The number of nitrogens with zero attached hydrogens (tertiary/aromatic N) is 4. The summed E-state index contributed by atoms with van der Waals surface area (Å²) in [6, 6.07) is 14.3. The van der Waals surface area contributed by atoms with Crippen LogP contribution in [0.1, 0.15) is 50.9 Å². The molecule has 34 heavy (non-hydrogen) atoms. The summed E-state index contributed by atoms with van der Waals surface area (Å²) in [7, 11) is 0. The average molecular weight is 475 g/mol. The molecule has 9 heteroatoms. The van der Waals surface area contributed by atoms with E-state index in [0.29, 0.717) is 44.6 Å². The molecule has 8 nitrogen and oxygen atoms in total. The van der Waals surface area contributed by atoms with Crippen LogP contribution in [0.3, 0.4) is 0 Å². The van der Waals surface area contributed by atoms with Crippen molar-refractivity contribution in [1.82, 2.24) is 30.4 Å². The monoisotopic (exact) mass is 474 g/mol. The molecule has 3 aromatic heterocycles. The molecule has 1 aliphatic carbocycles. The fraction of sp³-hybridized carbons (Fsp3) is 0.240. The number of benzene rings is 1. The lowest BCUT2D eigenvalue weighted by molar-refractivity contribution is 0.0928. The van der Waals surface area contributed by atoms with Gasteiger partial charge in [-0.05, 0) is 50.1 Å². The Balaban J connectivity index is 1.36. The molecule has 0 saturated heterocycles. The molecule has 2 N–H and O–H groups in total. The number of pyridine rings is 2. The molecule has 3 heterocycles. The topological polar surface area (TPSA) is 102 Å². The molecular formula is C25H23ClN6O2. The zero-order valence-electron chi connectivity index (χ0n) is 18.6. The minimum Gasteiger partial charge on any atom is -0.350 e. The SMILES string of the molecule is Cc1nn(-c2ccccn2)c2nc(C3CC3)cc(C(=O)NCCNC(=O)c3ccccc3Cl)c12. The Labute approximate surface area is 201 Å². The fourth-order valence-corrected chi connectivity index (χ4v) is 4.12.